The molecular formula is C14H22N4. The minimum absolute atomic E-state index is 0.426. The topological polar surface area (TPSA) is 33.1 Å². The predicted molar refractivity (Wildman–Crippen MR) is 75.8 cm³/mol. The highest BCUT2D eigenvalue weighted by molar-refractivity contribution is 5.75. The highest BCUT2D eigenvalue weighted by Crippen LogP contribution is 2.15. The van der Waals surface area contributed by atoms with E-state index >= 15 is 0 Å². The summed E-state index contributed by atoms with van der Waals surface area (Å²) in [4.78, 5) is 6.91. The second kappa shape index (κ2) is 5.50. The Hall–Kier alpha value is -1.39. The molecule has 2 aromatic rings. The molecular weight excluding hydrogens is 224 g/mol. The van der Waals surface area contributed by atoms with Crippen molar-refractivity contribution in [3.05, 3.63) is 30.1 Å². The molecule has 0 amide bonds. The first-order valence-corrected chi connectivity index (χ1v) is 6.34. The lowest BCUT2D eigenvalue weighted by Crippen LogP contribution is -2.38. The van der Waals surface area contributed by atoms with Gasteiger partial charge in [-0.25, -0.2) is 4.98 Å². The lowest BCUT2D eigenvalue weighted by atomic mass is 10.2. The first-order valence-electron chi connectivity index (χ1n) is 6.34. The number of hydrogen-bond acceptors (Lipinski definition) is 3. The zero-order chi connectivity index (χ0) is 13.1. The van der Waals surface area contributed by atoms with Gasteiger partial charge in [-0.15, -0.1) is 0 Å². The molecule has 0 aliphatic rings. The lowest BCUT2D eigenvalue weighted by molar-refractivity contribution is 0.343. The second-order valence-corrected chi connectivity index (χ2v) is 5.03. The highest BCUT2D eigenvalue weighted by atomic mass is 15.1. The van der Waals surface area contributed by atoms with E-state index in [1.807, 2.05) is 13.1 Å². The summed E-state index contributed by atoms with van der Waals surface area (Å²) in [5.41, 5.74) is 2.28. The van der Waals surface area contributed by atoms with E-state index in [4.69, 9.17) is 4.98 Å². The van der Waals surface area contributed by atoms with Crippen molar-refractivity contribution >= 4 is 11.0 Å². The number of aryl methyl sites for hydroxylation is 1. The molecule has 0 saturated carbocycles. The van der Waals surface area contributed by atoms with Gasteiger partial charge in [-0.1, -0.05) is 12.1 Å². The summed E-state index contributed by atoms with van der Waals surface area (Å²) in [7, 11) is 8.29. The molecule has 1 aromatic heterocycles. The molecule has 0 bridgehead atoms. The first-order chi connectivity index (χ1) is 8.61. The summed E-state index contributed by atoms with van der Waals surface area (Å²) < 4.78 is 2.19. The average Bonchev–Trinajstić information content (AvgIpc) is 2.66. The van der Waals surface area contributed by atoms with Crippen LogP contribution in [0.3, 0.4) is 0 Å². The zero-order valence-electron chi connectivity index (χ0n) is 11.6. The Kier molecular flexibility index (Phi) is 3.99. The summed E-state index contributed by atoms with van der Waals surface area (Å²) in [5.74, 6) is 1.14. The second-order valence-electron chi connectivity index (χ2n) is 5.03. The van der Waals surface area contributed by atoms with Crippen LogP contribution in [0.5, 0.6) is 0 Å². The van der Waals surface area contributed by atoms with E-state index in [9.17, 15) is 0 Å². The zero-order valence-corrected chi connectivity index (χ0v) is 11.6. The van der Waals surface area contributed by atoms with Crippen molar-refractivity contribution in [1.82, 2.24) is 19.8 Å². The fourth-order valence-corrected chi connectivity index (χ4v) is 2.30. The number of imidazole rings is 1. The monoisotopic (exact) mass is 246 g/mol. The van der Waals surface area contributed by atoms with Gasteiger partial charge in [0.25, 0.3) is 0 Å². The van der Waals surface area contributed by atoms with Crippen LogP contribution in [-0.4, -0.2) is 48.2 Å². The van der Waals surface area contributed by atoms with Gasteiger partial charge in [0.15, 0.2) is 0 Å². The number of aromatic nitrogens is 2. The van der Waals surface area contributed by atoms with Crippen LogP contribution < -0.4 is 5.32 Å². The Morgan fingerprint density at radius 1 is 1.33 bits per heavy atom. The third-order valence-electron chi connectivity index (χ3n) is 3.30. The van der Waals surface area contributed by atoms with Crippen LogP contribution in [0.15, 0.2) is 24.3 Å². The predicted octanol–water partition coefficient (Wildman–Crippen LogP) is 1.27. The molecule has 0 aliphatic carbocycles. The van der Waals surface area contributed by atoms with Crippen LogP contribution in [0, 0.1) is 0 Å². The van der Waals surface area contributed by atoms with Gasteiger partial charge in [0, 0.05) is 26.1 Å². The molecule has 1 aromatic carbocycles. The number of nitrogens with zero attached hydrogens (tertiary/aromatic N) is 3. The van der Waals surface area contributed by atoms with Gasteiger partial charge in [0.2, 0.25) is 0 Å². The molecule has 1 heterocycles. The van der Waals surface area contributed by atoms with E-state index in [2.05, 4.69) is 54.1 Å². The van der Waals surface area contributed by atoms with Gasteiger partial charge >= 0.3 is 0 Å². The lowest BCUT2D eigenvalue weighted by Gasteiger charge is -2.20. The molecule has 2 rings (SSSR count). The number of fused-ring (bicyclic) bond motifs is 1. The van der Waals surface area contributed by atoms with E-state index in [1.165, 1.54) is 5.52 Å². The van der Waals surface area contributed by atoms with Gasteiger partial charge in [-0.2, -0.15) is 0 Å². The van der Waals surface area contributed by atoms with Gasteiger partial charge < -0.3 is 14.8 Å². The molecule has 1 N–H and O–H groups in total. The summed E-state index contributed by atoms with van der Waals surface area (Å²) in [5, 5.41) is 3.36. The summed E-state index contributed by atoms with van der Waals surface area (Å²) in [6.07, 6.45) is 0.944. The third-order valence-corrected chi connectivity index (χ3v) is 3.30. The Morgan fingerprint density at radius 2 is 2.06 bits per heavy atom. The SMILES string of the molecule is CNC(Cc1nc2ccccc2n1C)CN(C)C. The van der Waals surface area contributed by atoms with Gasteiger partial charge in [0.05, 0.1) is 11.0 Å². The number of para-hydroxylation sites is 2. The number of likely N-dealkylation sites (N-methyl/N-ethyl adjacent to an activating group) is 2. The molecule has 1 atom stereocenters. The van der Waals surface area contributed by atoms with Crippen molar-refractivity contribution in [2.24, 2.45) is 7.05 Å². The summed E-state index contributed by atoms with van der Waals surface area (Å²) >= 11 is 0. The minimum Gasteiger partial charge on any atom is -0.331 e. The smallest absolute Gasteiger partial charge is 0.111 e. The maximum absolute atomic E-state index is 4.71. The quantitative estimate of drug-likeness (QED) is 0.862. The molecule has 0 spiro atoms. The maximum Gasteiger partial charge on any atom is 0.111 e. The Bertz CT molecular complexity index is 515. The number of rotatable bonds is 5. The largest absolute Gasteiger partial charge is 0.331 e. The normalized spacial score (nSPS) is 13.4. The van der Waals surface area contributed by atoms with Gasteiger partial charge in [-0.3, -0.25) is 0 Å². The van der Waals surface area contributed by atoms with Crippen LogP contribution >= 0.6 is 0 Å². The Balaban J connectivity index is 2.22. The molecule has 18 heavy (non-hydrogen) atoms. The van der Waals surface area contributed by atoms with Gasteiger partial charge in [-0.05, 0) is 33.3 Å². The Morgan fingerprint density at radius 3 is 2.67 bits per heavy atom. The van der Waals surface area contributed by atoms with Crippen LogP contribution in [0.1, 0.15) is 5.82 Å². The van der Waals surface area contributed by atoms with Crippen molar-refractivity contribution in [1.29, 1.82) is 0 Å². The van der Waals surface area contributed by atoms with Gasteiger partial charge in [0.1, 0.15) is 5.82 Å². The fourth-order valence-electron chi connectivity index (χ4n) is 2.30. The molecule has 1 unspecified atom stereocenters. The summed E-state index contributed by atoms with van der Waals surface area (Å²) in [6.45, 7) is 1.01. The molecule has 0 radical (unpaired) electrons. The van der Waals surface area contributed by atoms with Crippen molar-refractivity contribution in [3.63, 3.8) is 0 Å². The van der Waals surface area contributed by atoms with Crippen LogP contribution in [0.4, 0.5) is 0 Å². The molecule has 0 fully saturated rings. The summed E-state index contributed by atoms with van der Waals surface area (Å²) in [6, 6.07) is 8.71. The fraction of sp³-hybridized carbons (Fsp3) is 0.500. The standard InChI is InChI=1S/C14H22N4/c1-15-11(10-17(2)3)9-14-16-12-7-5-6-8-13(12)18(14)4/h5-8,11,15H,9-10H2,1-4H3. The molecule has 0 saturated heterocycles. The molecule has 98 valence electrons. The van der Waals surface area contributed by atoms with E-state index in [0.29, 0.717) is 6.04 Å². The van der Waals surface area contributed by atoms with Crippen LogP contribution in [0.2, 0.25) is 0 Å². The molecule has 4 nitrogen and oxygen atoms in total. The molecule has 0 aliphatic heterocycles. The third kappa shape index (κ3) is 2.71. The Labute approximate surface area is 109 Å². The number of benzene rings is 1. The first kappa shape index (κ1) is 13.1. The minimum atomic E-state index is 0.426. The number of hydrogen-bond donors (Lipinski definition) is 1. The van der Waals surface area contributed by atoms with E-state index in [0.717, 1.165) is 24.3 Å². The molecule has 4 heteroatoms. The van der Waals surface area contributed by atoms with Crippen molar-refractivity contribution < 1.29 is 0 Å². The maximum atomic E-state index is 4.71. The van der Waals surface area contributed by atoms with Crippen molar-refractivity contribution in [2.75, 3.05) is 27.7 Å². The number of nitrogens with one attached hydrogen (secondary N) is 1. The van der Waals surface area contributed by atoms with Crippen molar-refractivity contribution in [3.8, 4) is 0 Å². The van der Waals surface area contributed by atoms with Crippen LogP contribution in [0.25, 0.3) is 11.0 Å². The van der Waals surface area contributed by atoms with E-state index < -0.39 is 0 Å². The van der Waals surface area contributed by atoms with E-state index in [1.54, 1.807) is 0 Å². The van der Waals surface area contributed by atoms with Crippen molar-refractivity contribution in [2.45, 2.75) is 12.5 Å². The average molecular weight is 246 g/mol. The van der Waals surface area contributed by atoms with E-state index in [-0.39, 0.29) is 0 Å². The van der Waals surface area contributed by atoms with Crippen LogP contribution in [-0.2, 0) is 13.5 Å². The highest BCUT2D eigenvalue weighted by Gasteiger charge is 2.13.